The van der Waals surface area contributed by atoms with Crippen LogP contribution in [0, 0.1) is 23.2 Å². The zero-order valence-corrected chi connectivity index (χ0v) is 14.7. The van der Waals surface area contributed by atoms with Crippen LogP contribution in [0.3, 0.4) is 0 Å². The van der Waals surface area contributed by atoms with E-state index in [0.29, 0.717) is 19.3 Å². The van der Waals surface area contributed by atoms with E-state index in [2.05, 4.69) is 10.6 Å². The van der Waals surface area contributed by atoms with Gasteiger partial charge in [-0.3, -0.25) is 19.7 Å². The number of piperidine rings is 1. The van der Waals surface area contributed by atoms with Gasteiger partial charge in [0.25, 0.3) is 0 Å². The molecule has 0 spiro atoms. The Morgan fingerprint density at radius 3 is 2.08 bits per heavy atom. The number of aryl methyl sites for hydroxylation is 1. The van der Waals surface area contributed by atoms with Crippen LogP contribution in [-0.4, -0.2) is 17.7 Å². The van der Waals surface area contributed by atoms with Crippen LogP contribution in [0.4, 0.5) is 5.69 Å². The molecule has 1 aromatic carbocycles. The number of carbonyl (C=O) groups excluding carboxylic acids is 3. The standard InChI is InChI=1S/C19H24N2O3/c1-12-7-5-6-8-13(12)20-14(22)17(2)9-18(3)11-19(4,10-17)16(24)21-15(18)23/h5-8H,9-11H2,1-4H3,(H,20,22)(H,21,23,24). The topological polar surface area (TPSA) is 75.3 Å². The highest BCUT2D eigenvalue weighted by Crippen LogP contribution is 2.56. The van der Waals surface area contributed by atoms with Gasteiger partial charge in [-0.15, -0.1) is 0 Å². The zero-order valence-electron chi connectivity index (χ0n) is 14.7. The SMILES string of the molecule is Cc1ccccc1NC(=O)C1(C)CC2(C)CC(C)(C1)C(=O)NC2=O. The second kappa shape index (κ2) is 5.16. The molecule has 5 nitrogen and oxygen atoms in total. The molecule has 2 fully saturated rings. The van der Waals surface area contributed by atoms with E-state index in [1.165, 1.54) is 0 Å². The molecule has 1 aliphatic carbocycles. The minimum absolute atomic E-state index is 0.128. The first kappa shape index (κ1) is 16.7. The predicted molar refractivity (Wildman–Crippen MR) is 91.1 cm³/mol. The fraction of sp³-hybridized carbons (Fsp3) is 0.526. The summed E-state index contributed by atoms with van der Waals surface area (Å²) in [6.45, 7) is 7.51. The van der Waals surface area contributed by atoms with E-state index in [0.717, 1.165) is 11.3 Å². The lowest BCUT2D eigenvalue weighted by molar-refractivity contribution is -0.163. The first-order valence-electron chi connectivity index (χ1n) is 8.31. The molecule has 1 saturated heterocycles. The minimum Gasteiger partial charge on any atom is -0.325 e. The van der Waals surface area contributed by atoms with Gasteiger partial charge in [0, 0.05) is 21.9 Å². The largest absolute Gasteiger partial charge is 0.325 e. The summed E-state index contributed by atoms with van der Waals surface area (Å²) in [5, 5.41) is 5.48. The van der Waals surface area contributed by atoms with Gasteiger partial charge >= 0.3 is 0 Å². The fourth-order valence-corrected chi connectivity index (χ4v) is 4.64. The van der Waals surface area contributed by atoms with Crippen molar-refractivity contribution in [3.63, 3.8) is 0 Å². The highest BCUT2D eigenvalue weighted by atomic mass is 16.2. The lowest BCUT2D eigenvalue weighted by atomic mass is 9.52. The zero-order chi connectivity index (χ0) is 17.8. The molecule has 2 N–H and O–H groups in total. The molecule has 0 radical (unpaired) electrons. The van der Waals surface area contributed by atoms with Crippen molar-refractivity contribution in [2.24, 2.45) is 16.2 Å². The summed E-state index contributed by atoms with van der Waals surface area (Å²) in [5.74, 6) is -0.657. The lowest BCUT2D eigenvalue weighted by Crippen LogP contribution is -2.63. The van der Waals surface area contributed by atoms with Crippen molar-refractivity contribution < 1.29 is 14.4 Å². The Morgan fingerprint density at radius 2 is 1.54 bits per heavy atom. The average molecular weight is 328 g/mol. The van der Waals surface area contributed by atoms with Crippen molar-refractivity contribution in [3.05, 3.63) is 29.8 Å². The summed E-state index contributed by atoms with van der Waals surface area (Å²) in [7, 11) is 0. The third-order valence-electron chi connectivity index (χ3n) is 5.61. The summed E-state index contributed by atoms with van der Waals surface area (Å²) in [6.07, 6.45) is 1.37. The molecule has 2 atom stereocenters. The highest BCUT2D eigenvalue weighted by Gasteiger charge is 2.60. The smallest absolute Gasteiger partial charge is 0.232 e. The van der Waals surface area contributed by atoms with Crippen LogP contribution in [0.15, 0.2) is 24.3 Å². The number of hydrogen-bond acceptors (Lipinski definition) is 3. The predicted octanol–water partition coefficient (Wildman–Crippen LogP) is 2.79. The summed E-state index contributed by atoms with van der Waals surface area (Å²) in [5.41, 5.74) is -0.406. The van der Waals surface area contributed by atoms with Gasteiger partial charge < -0.3 is 5.32 Å². The number of hydrogen-bond donors (Lipinski definition) is 2. The van der Waals surface area contributed by atoms with Gasteiger partial charge in [0.05, 0.1) is 0 Å². The van der Waals surface area contributed by atoms with Crippen molar-refractivity contribution in [3.8, 4) is 0 Å². The van der Waals surface area contributed by atoms with Gasteiger partial charge in [0.15, 0.2) is 0 Å². The number of anilines is 1. The number of amides is 3. The van der Waals surface area contributed by atoms with Crippen LogP contribution >= 0.6 is 0 Å². The van der Waals surface area contributed by atoms with Crippen molar-refractivity contribution in [2.75, 3.05) is 5.32 Å². The molecule has 1 aromatic rings. The fourth-order valence-electron chi connectivity index (χ4n) is 4.64. The van der Waals surface area contributed by atoms with Crippen LogP contribution < -0.4 is 10.6 Å². The molecule has 24 heavy (non-hydrogen) atoms. The second-order valence-electron chi connectivity index (χ2n) is 8.26. The Hall–Kier alpha value is -2.17. The molecule has 1 aliphatic heterocycles. The molecule has 2 bridgehead atoms. The van der Waals surface area contributed by atoms with Crippen molar-refractivity contribution in [1.29, 1.82) is 0 Å². The third kappa shape index (κ3) is 2.52. The average Bonchev–Trinajstić information content (AvgIpc) is 2.47. The van der Waals surface area contributed by atoms with Crippen LogP contribution in [0.25, 0.3) is 0 Å². The normalized spacial score (nSPS) is 35.3. The first-order valence-corrected chi connectivity index (χ1v) is 8.31. The summed E-state index contributed by atoms with van der Waals surface area (Å²) < 4.78 is 0. The number of nitrogens with one attached hydrogen (secondary N) is 2. The van der Waals surface area contributed by atoms with Crippen LogP contribution in [-0.2, 0) is 14.4 Å². The summed E-state index contributed by atoms with van der Waals surface area (Å²) in [6, 6.07) is 7.59. The molecular weight excluding hydrogens is 304 g/mol. The number of benzene rings is 1. The van der Waals surface area contributed by atoms with Gasteiger partial charge in [-0.05, 0) is 37.8 Å². The van der Waals surface area contributed by atoms with Gasteiger partial charge in [0.2, 0.25) is 17.7 Å². The number of imide groups is 1. The second-order valence-corrected chi connectivity index (χ2v) is 8.26. The van der Waals surface area contributed by atoms with E-state index in [4.69, 9.17) is 0 Å². The Morgan fingerprint density at radius 1 is 1.00 bits per heavy atom. The first-order chi connectivity index (χ1) is 11.1. The molecule has 0 aromatic heterocycles. The molecule has 2 aliphatic rings. The highest BCUT2D eigenvalue weighted by molar-refractivity contribution is 6.05. The van der Waals surface area contributed by atoms with Gasteiger partial charge in [-0.2, -0.15) is 0 Å². The van der Waals surface area contributed by atoms with E-state index in [9.17, 15) is 14.4 Å². The maximum atomic E-state index is 13.0. The molecule has 5 heteroatoms. The van der Waals surface area contributed by atoms with Crippen molar-refractivity contribution >= 4 is 23.4 Å². The quantitative estimate of drug-likeness (QED) is 0.820. The van der Waals surface area contributed by atoms with E-state index < -0.39 is 16.2 Å². The monoisotopic (exact) mass is 328 g/mol. The Balaban J connectivity index is 1.92. The Kier molecular flexibility index (Phi) is 3.59. The van der Waals surface area contributed by atoms with Crippen LogP contribution in [0.1, 0.15) is 45.6 Å². The molecule has 1 heterocycles. The lowest BCUT2D eigenvalue weighted by Gasteiger charge is -2.53. The Labute approximate surface area is 142 Å². The van der Waals surface area contributed by atoms with Crippen LogP contribution in [0.2, 0.25) is 0 Å². The third-order valence-corrected chi connectivity index (χ3v) is 5.61. The van der Waals surface area contributed by atoms with Gasteiger partial charge in [-0.25, -0.2) is 0 Å². The minimum atomic E-state index is -0.766. The number of carbonyl (C=O) groups is 3. The number of rotatable bonds is 2. The summed E-state index contributed by atoms with van der Waals surface area (Å²) >= 11 is 0. The molecule has 128 valence electrons. The summed E-state index contributed by atoms with van der Waals surface area (Å²) in [4.78, 5) is 37.7. The molecular formula is C19H24N2O3. The maximum absolute atomic E-state index is 13.0. The van der Waals surface area contributed by atoms with E-state index >= 15 is 0 Å². The van der Waals surface area contributed by atoms with Gasteiger partial charge in [0.1, 0.15) is 0 Å². The maximum Gasteiger partial charge on any atom is 0.232 e. The van der Waals surface area contributed by atoms with E-state index in [-0.39, 0.29) is 17.7 Å². The van der Waals surface area contributed by atoms with Crippen molar-refractivity contribution in [2.45, 2.75) is 47.0 Å². The molecule has 2 unspecified atom stereocenters. The molecule has 3 rings (SSSR count). The number of para-hydroxylation sites is 1. The van der Waals surface area contributed by atoms with Gasteiger partial charge in [-0.1, -0.05) is 39.0 Å². The van der Waals surface area contributed by atoms with E-state index in [1.807, 2.05) is 52.0 Å². The number of fused-ring (bicyclic) bond motifs is 2. The molecule has 1 saturated carbocycles. The van der Waals surface area contributed by atoms with Crippen LogP contribution in [0.5, 0.6) is 0 Å². The van der Waals surface area contributed by atoms with Crippen molar-refractivity contribution in [1.82, 2.24) is 5.32 Å². The Bertz CT molecular complexity index is 714. The van der Waals surface area contributed by atoms with E-state index in [1.54, 1.807) is 0 Å². The molecule has 3 amide bonds.